The maximum atomic E-state index is 12.9. The van der Waals surface area contributed by atoms with E-state index in [1.165, 1.54) is 12.1 Å². The molecule has 0 unspecified atom stereocenters. The zero-order valence-electron chi connectivity index (χ0n) is 10.2. The van der Waals surface area contributed by atoms with E-state index in [2.05, 4.69) is 15.6 Å². The number of rotatable bonds is 4. The fourth-order valence-corrected chi connectivity index (χ4v) is 2.94. The van der Waals surface area contributed by atoms with Crippen LogP contribution in [0.2, 0.25) is 0 Å². The number of aromatic nitrogens is 3. The average molecular weight is 276 g/mol. The highest BCUT2D eigenvalue weighted by Gasteiger charge is 2.11. The predicted octanol–water partition coefficient (Wildman–Crippen LogP) is 2.02. The van der Waals surface area contributed by atoms with Gasteiger partial charge in [0, 0.05) is 23.9 Å². The van der Waals surface area contributed by atoms with Crippen molar-refractivity contribution in [3.8, 4) is 0 Å². The number of nitrogens with two attached hydrogens (primary N) is 1. The first-order valence-electron chi connectivity index (χ1n) is 6.03. The molecule has 1 aromatic carbocycles. The summed E-state index contributed by atoms with van der Waals surface area (Å²) in [5.41, 5.74) is 7.75. The summed E-state index contributed by atoms with van der Waals surface area (Å²) in [4.78, 5) is 0.876. The van der Waals surface area contributed by atoms with Crippen LogP contribution in [0.1, 0.15) is 17.1 Å². The summed E-state index contributed by atoms with van der Waals surface area (Å²) in [5, 5.41) is 10.4. The van der Waals surface area contributed by atoms with E-state index in [9.17, 15) is 4.39 Å². The quantitative estimate of drug-likeness (QED) is 0.793. The molecule has 19 heavy (non-hydrogen) atoms. The van der Waals surface area contributed by atoms with Gasteiger partial charge in [0.25, 0.3) is 0 Å². The Kier molecular flexibility index (Phi) is 3.27. The van der Waals surface area contributed by atoms with Crippen LogP contribution >= 0.6 is 11.3 Å². The summed E-state index contributed by atoms with van der Waals surface area (Å²) in [7, 11) is 0. The Hall–Kier alpha value is -1.79. The van der Waals surface area contributed by atoms with Crippen molar-refractivity contribution < 1.29 is 4.39 Å². The third kappa shape index (κ3) is 2.36. The second-order valence-electron chi connectivity index (χ2n) is 4.30. The maximum absolute atomic E-state index is 12.9. The third-order valence-electron chi connectivity index (χ3n) is 2.96. The molecule has 0 aliphatic carbocycles. The standard InChI is InChI=1S/C13H13FN4S/c14-10-3-1-9(2-4-10)7-12-16-17-13-18(12)11(5-6-15)8-19-13/h1-4,8H,5-7,15H2. The van der Waals surface area contributed by atoms with Crippen molar-refractivity contribution in [2.75, 3.05) is 6.54 Å². The Bertz CT molecular complexity index is 686. The van der Waals surface area contributed by atoms with Crippen LogP contribution in [-0.4, -0.2) is 21.1 Å². The highest BCUT2D eigenvalue weighted by Crippen LogP contribution is 2.18. The van der Waals surface area contributed by atoms with E-state index in [4.69, 9.17) is 5.73 Å². The first kappa shape index (κ1) is 12.3. The topological polar surface area (TPSA) is 56.2 Å². The summed E-state index contributed by atoms with van der Waals surface area (Å²) in [6.45, 7) is 0.597. The molecule has 3 aromatic rings. The molecule has 6 heteroatoms. The van der Waals surface area contributed by atoms with E-state index in [1.54, 1.807) is 23.5 Å². The van der Waals surface area contributed by atoms with Crippen molar-refractivity contribution in [2.24, 2.45) is 5.73 Å². The molecule has 0 bridgehead atoms. The monoisotopic (exact) mass is 276 g/mol. The smallest absolute Gasteiger partial charge is 0.216 e. The van der Waals surface area contributed by atoms with Crippen molar-refractivity contribution in [1.29, 1.82) is 0 Å². The number of hydrogen-bond acceptors (Lipinski definition) is 4. The van der Waals surface area contributed by atoms with Crippen LogP contribution in [0, 0.1) is 5.82 Å². The lowest BCUT2D eigenvalue weighted by Gasteiger charge is -2.02. The van der Waals surface area contributed by atoms with Gasteiger partial charge < -0.3 is 5.73 Å². The van der Waals surface area contributed by atoms with Crippen LogP contribution in [0.3, 0.4) is 0 Å². The molecule has 0 fully saturated rings. The highest BCUT2D eigenvalue weighted by molar-refractivity contribution is 7.15. The van der Waals surface area contributed by atoms with Crippen molar-refractivity contribution in [2.45, 2.75) is 12.8 Å². The van der Waals surface area contributed by atoms with Crippen LogP contribution in [-0.2, 0) is 12.8 Å². The van der Waals surface area contributed by atoms with Crippen molar-refractivity contribution in [3.05, 3.63) is 52.5 Å². The Morgan fingerprint density at radius 3 is 2.74 bits per heavy atom. The van der Waals surface area contributed by atoms with Crippen molar-refractivity contribution in [3.63, 3.8) is 0 Å². The molecule has 0 aliphatic rings. The van der Waals surface area contributed by atoms with Gasteiger partial charge >= 0.3 is 0 Å². The van der Waals surface area contributed by atoms with Crippen LogP contribution in [0.15, 0.2) is 29.6 Å². The predicted molar refractivity (Wildman–Crippen MR) is 72.8 cm³/mol. The molecule has 0 saturated heterocycles. The molecule has 0 spiro atoms. The summed E-state index contributed by atoms with van der Waals surface area (Å²) in [5.74, 6) is 0.640. The number of benzene rings is 1. The largest absolute Gasteiger partial charge is 0.330 e. The van der Waals surface area contributed by atoms with Gasteiger partial charge in [-0.3, -0.25) is 4.40 Å². The van der Waals surface area contributed by atoms with Crippen LogP contribution in [0.4, 0.5) is 4.39 Å². The van der Waals surface area contributed by atoms with E-state index < -0.39 is 0 Å². The molecular formula is C13H13FN4S. The number of thiazole rings is 1. The van der Waals surface area contributed by atoms with E-state index in [-0.39, 0.29) is 5.82 Å². The van der Waals surface area contributed by atoms with E-state index in [1.807, 2.05) is 4.40 Å². The first-order chi connectivity index (χ1) is 9.28. The summed E-state index contributed by atoms with van der Waals surface area (Å²) < 4.78 is 14.9. The number of fused-ring (bicyclic) bond motifs is 1. The first-order valence-corrected chi connectivity index (χ1v) is 6.91. The number of halogens is 1. The van der Waals surface area contributed by atoms with Gasteiger partial charge in [-0.25, -0.2) is 4.39 Å². The molecule has 2 aromatic heterocycles. The molecule has 4 nitrogen and oxygen atoms in total. The number of nitrogens with zero attached hydrogens (tertiary/aromatic N) is 3. The summed E-state index contributed by atoms with van der Waals surface area (Å²) in [6, 6.07) is 6.46. The molecule has 0 aliphatic heterocycles. The van der Waals surface area contributed by atoms with Gasteiger partial charge in [0.2, 0.25) is 4.96 Å². The minimum absolute atomic E-state index is 0.227. The second-order valence-corrected chi connectivity index (χ2v) is 5.14. The Balaban J connectivity index is 1.95. The van der Waals surface area contributed by atoms with E-state index >= 15 is 0 Å². The molecule has 2 heterocycles. The molecule has 2 N–H and O–H groups in total. The van der Waals surface area contributed by atoms with Crippen molar-refractivity contribution in [1.82, 2.24) is 14.6 Å². The summed E-state index contributed by atoms with van der Waals surface area (Å²) in [6.07, 6.45) is 1.43. The molecule has 3 rings (SSSR count). The molecule has 0 atom stereocenters. The average Bonchev–Trinajstić information content (AvgIpc) is 2.97. The zero-order valence-corrected chi connectivity index (χ0v) is 11.0. The Morgan fingerprint density at radius 2 is 2.00 bits per heavy atom. The normalized spacial score (nSPS) is 11.3. The van der Waals surface area contributed by atoms with Crippen LogP contribution in [0.25, 0.3) is 4.96 Å². The molecule has 0 saturated carbocycles. The van der Waals surface area contributed by atoms with Crippen LogP contribution in [0.5, 0.6) is 0 Å². The molecular weight excluding hydrogens is 263 g/mol. The Morgan fingerprint density at radius 1 is 1.21 bits per heavy atom. The SMILES string of the molecule is NCCc1csc2nnc(Cc3ccc(F)cc3)n12. The zero-order chi connectivity index (χ0) is 13.2. The lowest BCUT2D eigenvalue weighted by molar-refractivity contribution is 0.627. The minimum Gasteiger partial charge on any atom is -0.330 e. The van der Waals surface area contributed by atoms with Crippen LogP contribution < -0.4 is 5.73 Å². The highest BCUT2D eigenvalue weighted by atomic mass is 32.1. The lowest BCUT2D eigenvalue weighted by atomic mass is 10.1. The van der Waals surface area contributed by atoms with Crippen molar-refractivity contribution >= 4 is 16.3 Å². The van der Waals surface area contributed by atoms with Gasteiger partial charge in [0.05, 0.1) is 0 Å². The fourth-order valence-electron chi connectivity index (χ4n) is 2.06. The van der Waals surface area contributed by atoms with E-state index in [0.717, 1.165) is 28.5 Å². The number of hydrogen-bond donors (Lipinski definition) is 1. The lowest BCUT2D eigenvalue weighted by Crippen LogP contribution is -2.06. The fraction of sp³-hybridized carbons (Fsp3) is 0.231. The van der Waals surface area contributed by atoms with Gasteiger partial charge in [-0.2, -0.15) is 0 Å². The van der Waals surface area contributed by atoms with E-state index in [0.29, 0.717) is 13.0 Å². The van der Waals surface area contributed by atoms with Gasteiger partial charge in [-0.05, 0) is 24.2 Å². The Labute approximate surface area is 113 Å². The second kappa shape index (κ2) is 5.07. The molecule has 98 valence electrons. The summed E-state index contributed by atoms with van der Waals surface area (Å²) >= 11 is 1.56. The molecule has 0 amide bonds. The van der Waals surface area contributed by atoms with Gasteiger partial charge in [-0.1, -0.05) is 12.1 Å². The van der Waals surface area contributed by atoms with Gasteiger partial charge in [0.1, 0.15) is 11.6 Å². The van der Waals surface area contributed by atoms with Gasteiger partial charge in [-0.15, -0.1) is 21.5 Å². The minimum atomic E-state index is -0.227. The molecule has 0 radical (unpaired) electrons. The van der Waals surface area contributed by atoms with Gasteiger partial charge in [0.15, 0.2) is 0 Å². The maximum Gasteiger partial charge on any atom is 0.216 e. The third-order valence-corrected chi connectivity index (χ3v) is 3.83.